The van der Waals surface area contributed by atoms with Crippen molar-refractivity contribution < 1.29 is 4.74 Å². The number of allylic oxidation sites excluding steroid dienone is 1. The predicted molar refractivity (Wildman–Crippen MR) is 78.8 cm³/mol. The molecular weight excluding hydrogens is 250 g/mol. The van der Waals surface area contributed by atoms with Crippen LogP contribution in [0.4, 0.5) is 0 Å². The van der Waals surface area contributed by atoms with E-state index in [1.54, 1.807) is 23.2 Å². The molecule has 0 fully saturated rings. The number of pyridine rings is 1. The summed E-state index contributed by atoms with van der Waals surface area (Å²) < 4.78 is 7.42. The highest BCUT2D eigenvalue weighted by Crippen LogP contribution is 2.26. The summed E-state index contributed by atoms with van der Waals surface area (Å²) in [6.45, 7) is 7.39. The average molecular weight is 263 g/mol. The second-order valence-electron chi connectivity index (χ2n) is 4.23. The van der Waals surface area contributed by atoms with Gasteiger partial charge in [0.2, 0.25) is 0 Å². The highest BCUT2D eigenvalue weighted by molar-refractivity contribution is 5.86. The van der Waals surface area contributed by atoms with Gasteiger partial charge in [0, 0.05) is 24.0 Å². The number of rotatable bonds is 4. The molecule has 98 valence electrons. The van der Waals surface area contributed by atoms with Crippen molar-refractivity contribution in [2.75, 3.05) is 0 Å². The van der Waals surface area contributed by atoms with Crippen LogP contribution in [0, 0.1) is 0 Å². The van der Waals surface area contributed by atoms with Gasteiger partial charge in [-0.1, -0.05) is 13.2 Å². The van der Waals surface area contributed by atoms with Gasteiger partial charge in [0.05, 0.1) is 11.2 Å². The number of fused-ring (bicyclic) bond motifs is 1. The van der Waals surface area contributed by atoms with E-state index in [1.165, 1.54) is 0 Å². The van der Waals surface area contributed by atoms with Crippen molar-refractivity contribution in [2.45, 2.75) is 0 Å². The fourth-order valence-corrected chi connectivity index (χ4v) is 1.95. The number of hydrogen-bond acceptors (Lipinski definition) is 3. The molecule has 0 bridgehead atoms. The van der Waals surface area contributed by atoms with Crippen molar-refractivity contribution in [3.63, 3.8) is 0 Å². The van der Waals surface area contributed by atoms with Crippen molar-refractivity contribution in [1.29, 1.82) is 0 Å². The van der Waals surface area contributed by atoms with E-state index in [-0.39, 0.29) is 0 Å². The van der Waals surface area contributed by atoms with Crippen LogP contribution in [0.2, 0.25) is 0 Å². The molecular formula is C16H13N3O. The van der Waals surface area contributed by atoms with Gasteiger partial charge in [-0.3, -0.25) is 4.98 Å². The Morgan fingerprint density at radius 2 is 2.15 bits per heavy atom. The quantitative estimate of drug-likeness (QED) is 0.534. The molecule has 0 atom stereocenters. The van der Waals surface area contributed by atoms with E-state index in [2.05, 4.69) is 23.2 Å². The molecule has 0 unspecified atom stereocenters. The van der Waals surface area contributed by atoms with Gasteiger partial charge in [-0.15, -0.1) is 0 Å². The van der Waals surface area contributed by atoms with E-state index < -0.39 is 0 Å². The number of ether oxygens (including phenoxy) is 1. The predicted octanol–water partition coefficient (Wildman–Crippen LogP) is 3.50. The first-order valence-corrected chi connectivity index (χ1v) is 6.16. The molecule has 2 aromatic heterocycles. The molecule has 4 nitrogen and oxygen atoms in total. The second-order valence-corrected chi connectivity index (χ2v) is 4.23. The summed E-state index contributed by atoms with van der Waals surface area (Å²) in [5.74, 6) is 1.22. The maximum absolute atomic E-state index is 5.63. The van der Waals surface area contributed by atoms with Gasteiger partial charge in [0.25, 0.3) is 0 Å². The highest BCUT2D eigenvalue weighted by Gasteiger charge is 2.06. The van der Waals surface area contributed by atoms with Crippen LogP contribution in [0.5, 0.6) is 5.75 Å². The number of nitrogens with zero attached hydrogens (tertiary/aromatic N) is 3. The lowest BCUT2D eigenvalue weighted by Crippen LogP contribution is -1.96. The molecule has 0 N–H and O–H groups in total. The molecule has 0 aliphatic heterocycles. The van der Waals surface area contributed by atoms with Gasteiger partial charge in [0.1, 0.15) is 11.5 Å². The van der Waals surface area contributed by atoms with Crippen molar-refractivity contribution in [1.82, 2.24) is 14.8 Å². The highest BCUT2D eigenvalue weighted by atomic mass is 16.5. The Balaban J connectivity index is 2.08. The zero-order valence-corrected chi connectivity index (χ0v) is 10.9. The molecule has 0 aliphatic carbocycles. The smallest absolute Gasteiger partial charge is 0.138 e. The van der Waals surface area contributed by atoms with Gasteiger partial charge in [0.15, 0.2) is 0 Å². The topological polar surface area (TPSA) is 39.9 Å². The van der Waals surface area contributed by atoms with E-state index in [0.29, 0.717) is 11.5 Å². The van der Waals surface area contributed by atoms with Crippen LogP contribution < -0.4 is 4.74 Å². The third-order valence-corrected chi connectivity index (χ3v) is 2.92. The minimum Gasteiger partial charge on any atom is -0.457 e. The van der Waals surface area contributed by atoms with Crippen molar-refractivity contribution in [3.8, 4) is 11.4 Å². The lowest BCUT2D eigenvalue weighted by molar-refractivity contribution is 0.452. The summed E-state index contributed by atoms with van der Waals surface area (Å²) in [4.78, 5) is 4.37. The number of benzene rings is 1. The first-order valence-electron chi connectivity index (χ1n) is 6.16. The Morgan fingerprint density at radius 1 is 1.25 bits per heavy atom. The van der Waals surface area contributed by atoms with Gasteiger partial charge in [-0.2, -0.15) is 5.10 Å². The molecule has 1 aromatic carbocycles. The Morgan fingerprint density at radius 3 is 2.90 bits per heavy atom. The lowest BCUT2D eigenvalue weighted by Gasteiger charge is -2.09. The first-order chi connectivity index (χ1) is 9.78. The Hall–Kier alpha value is -2.88. The van der Waals surface area contributed by atoms with Crippen LogP contribution in [-0.2, 0) is 0 Å². The average Bonchev–Trinajstić information content (AvgIpc) is 3.01. The third-order valence-electron chi connectivity index (χ3n) is 2.92. The number of aromatic nitrogens is 3. The zero-order valence-electron chi connectivity index (χ0n) is 10.9. The first kappa shape index (κ1) is 12.2. The lowest BCUT2D eigenvalue weighted by atomic mass is 10.2. The Kier molecular flexibility index (Phi) is 3.05. The maximum Gasteiger partial charge on any atom is 0.138 e. The number of hydrogen-bond donors (Lipinski definition) is 0. The molecule has 3 aromatic rings. The van der Waals surface area contributed by atoms with Crippen LogP contribution in [0.15, 0.2) is 73.9 Å². The van der Waals surface area contributed by atoms with Crippen LogP contribution in [0.3, 0.4) is 0 Å². The summed E-state index contributed by atoms with van der Waals surface area (Å²) in [5, 5.41) is 5.13. The minimum atomic E-state index is 0.508. The molecule has 0 radical (unpaired) electrons. The normalized spacial score (nSPS) is 10.4. The minimum absolute atomic E-state index is 0.508. The van der Waals surface area contributed by atoms with E-state index in [4.69, 9.17) is 4.74 Å². The zero-order chi connectivity index (χ0) is 13.9. The molecule has 0 aliphatic rings. The fourth-order valence-electron chi connectivity index (χ4n) is 1.95. The molecule has 4 heteroatoms. The maximum atomic E-state index is 5.63. The summed E-state index contributed by atoms with van der Waals surface area (Å²) >= 11 is 0. The second kappa shape index (κ2) is 5.01. The monoisotopic (exact) mass is 263 g/mol. The van der Waals surface area contributed by atoms with E-state index in [1.807, 2.05) is 36.5 Å². The molecule has 20 heavy (non-hydrogen) atoms. The standard InChI is InChI=1S/C16H13N3O/c1-3-12(2)20-16-7-9-17-15-11-13(5-6-14(15)16)19-10-4-8-18-19/h3-11H,1-2H2. The molecule has 2 heterocycles. The van der Waals surface area contributed by atoms with Crippen molar-refractivity contribution >= 4 is 10.9 Å². The van der Waals surface area contributed by atoms with Crippen LogP contribution in [0.1, 0.15) is 0 Å². The van der Waals surface area contributed by atoms with E-state index >= 15 is 0 Å². The van der Waals surface area contributed by atoms with Crippen molar-refractivity contribution in [2.24, 2.45) is 0 Å². The molecule has 0 spiro atoms. The summed E-state index contributed by atoms with van der Waals surface area (Å²) in [5.41, 5.74) is 1.79. The van der Waals surface area contributed by atoms with Gasteiger partial charge in [-0.25, -0.2) is 4.68 Å². The third kappa shape index (κ3) is 2.19. The van der Waals surface area contributed by atoms with Gasteiger partial charge < -0.3 is 4.74 Å². The Labute approximate surface area is 116 Å². The van der Waals surface area contributed by atoms with Crippen LogP contribution in [-0.4, -0.2) is 14.8 Å². The van der Waals surface area contributed by atoms with Crippen molar-refractivity contribution in [3.05, 3.63) is 73.9 Å². The summed E-state index contributed by atoms with van der Waals surface area (Å²) in [7, 11) is 0. The molecule has 3 rings (SSSR count). The molecule has 0 saturated carbocycles. The molecule has 0 amide bonds. The van der Waals surface area contributed by atoms with Crippen LogP contribution >= 0.6 is 0 Å². The summed E-state index contributed by atoms with van der Waals surface area (Å²) in [6.07, 6.45) is 6.91. The Bertz CT molecular complexity index is 776. The van der Waals surface area contributed by atoms with Gasteiger partial charge in [-0.05, 0) is 36.4 Å². The largest absolute Gasteiger partial charge is 0.457 e. The SMILES string of the molecule is C=CC(=C)Oc1ccnc2cc(-n3cccn3)ccc12. The van der Waals surface area contributed by atoms with E-state index in [0.717, 1.165) is 16.6 Å². The van der Waals surface area contributed by atoms with Crippen LogP contribution in [0.25, 0.3) is 16.6 Å². The fraction of sp³-hybridized carbons (Fsp3) is 0. The summed E-state index contributed by atoms with van der Waals surface area (Å²) in [6, 6.07) is 9.59. The molecule has 0 saturated heterocycles. The van der Waals surface area contributed by atoms with Gasteiger partial charge >= 0.3 is 0 Å². The van der Waals surface area contributed by atoms with E-state index in [9.17, 15) is 0 Å².